The molecule has 0 unspecified atom stereocenters. The fourth-order valence-electron chi connectivity index (χ4n) is 3.29. The van der Waals surface area contributed by atoms with Crippen molar-refractivity contribution in [1.82, 2.24) is 14.6 Å². The first-order valence-corrected chi connectivity index (χ1v) is 11.5. The van der Waals surface area contributed by atoms with Crippen molar-refractivity contribution in [2.45, 2.75) is 31.2 Å². The maximum atomic E-state index is 12.7. The molecule has 0 aliphatic carbocycles. The molecular formula is C21H27N5O4S. The van der Waals surface area contributed by atoms with Crippen molar-refractivity contribution in [3.63, 3.8) is 0 Å². The summed E-state index contributed by atoms with van der Waals surface area (Å²) < 4.78 is 26.4. The molecule has 0 spiro atoms. The minimum Gasteiger partial charge on any atom is -0.357 e. The second kappa shape index (κ2) is 9.88. The van der Waals surface area contributed by atoms with Gasteiger partial charge in [0.25, 0.3) is 0 Å². The molecule has 2 aromatic rings. The van der Waals surface area contributed by atoms with E-state index in [0.717, 1.165) is 28.8 Å². The normalized spacial score (nSPS) is 14.0. The molecule has 9 nitrogen and oxygen atoms in total. The van der Waals surface area contributed by atoms with Crippen LogP contribution in [0, 0.1) is 0 Å². The number of benzene rings is 1. The van der Waals surface area contributed by atoms with Crippen LogP contribution in [-0.2, 0) is 26.2 Å². The average molecular weight is 446 g/mol. The molecule has 0 bridgehead atoms. The molecule has 2 amide bonds. The molecule has 1 fully saturated rings. The van der Waals surface area contributed by atoms with Crippen LogP contribution in [0.15, 0.2) is 47.5 Å². The minimum absolute atomic E-state index is 0.0404. The molecule has 166 valence electrons. The summed E-state index contributed by atoms with van der Waals surface area (Å²) in [4.78, 5) is 30.1. The van der Waals surface area contributed by atoms with E-state index in [1.54, 1.807) is 6.20 Å². The summed E-state index contributed by atoms with van der Waals surface area (Å²) in [5, 5.41) is 5.30. The summed E-state index contributed by atoms with van der Waals surface area (Å²) in [5.74, 6) is 0.276. The van der Waals surface area contributed by atoms with Gasteiger partial charge in [0.2, 0.25) is 21.8 Å². The number of pyridine rings is 1. The van der Waals surface area contributed by atoms with Gasteiger partial charge in [-0.05, 0) is 48.7 Å². The van der Waals surface area contributed by atoms with Crippen LogP contribution >= 0.6 is 0 Å². The lowest BCUT2D eigenvalue weighted by Gasteiger charge is -2.18. The van der Waals surface area contributed by atoms with E-state index >= 15 is 0 Å². The van der Waals surface area contributed by atoms with Crippen molar-refractivity contribution in [2.75, 3.05) is 36.9 Å². The number of aromatic nitrogens is 1. The third-order valence-electron chi connectivity index (χ3n) is 4.98. The first-order valence-electron chi connectivity index (χ1n) is 10.1. The number of likely N-dealkylation sites (N-methyl/N-ethyl adjacent to an activating group) is 1. The standard InChI is InChI=1S/C21H27N5O4S/c1-16(27)24-18-6-8-19(9-7-18)31(29,30)25(2)15-21(28)23-14-17-5-10-20(22-13-17)26-11-3-4-12-26/h5-10,13H,3-4,11-12,14-15H2,1-2H3,(H,23,28)(H,24,27). The number of nitrogens with zero attached hydrogens (tertiary/aromatic N) is 3. The molecule has 1 aliphatic heterocycles. The van der Waals surface area contributed by atoms with E-state index in [0.29, 0.717) is 5.69 Å². The third kappa shape index (κ3) is 6.02. The van der Waals surface area contributed by atoms with Gasteiger partial charge in [-0.25, -0.2) is 13.4 Å². The zero-order chi connectivity index (χ0) is 22.4. The van der Waals surface area contributed by atoms with Crippen molar-refractivity contribution >= 4 is 33.3 Å². The van der Waals surface area contributed by atoms with Gasteiger partial charge in [-0.3, -0.25) is 9.59 Å². The second-order valence-electron chi connectivity index (χ2n) is 7.46. The van der Waals surface area contributed by atoms with Crippen LogP contribution < -0.4 is 15.5 Å². The van der Waals surface area contributed by atoms with E-state index in [2.05, 4.69) is 20.5 Å². The predicted octanol–water partition coefficient (Wildman–Crippen LogP) is 1.58. The fraction of sp³-hybridized carbons (Fsp3) is 0.381. The van der Waals surface area contributed by atoms with Gasteiger partial charge in [0.05, 0.1) is 11.4 Å². The second-order valence-corrected chi connectivity index (χ2v) is 9.51. The molecular weight excluding hydrogens is 418 g/mol. The van der Waals surface area contributed by atoms with Crippen molar-refractivity contribution in [3.8, 4) is 0 Å². The monoisotopic (exact) mass is 445 g/mol. The van der Waals surface area contributed by atoms with Crippen LogP contribution in [0.5, 0.6) is 0 Å². The Balaban J connectivity index is 1.52. The highest BCUT2D eigenvalue weighted by Crippen LogP contribution is 2.18. The van der Waals surface area contributed by atoms with E-state index in [4.69, 9.17) is 0 Å². The molecule has 1 aromatic heterocycles. The molecule has 2 heterocycles. The van der Waals surface area contributed by atoms with E-state index in [9.17, 15) is 18.0 Å². The van der Waals surface area contributed by atoms with Gasteiger partial charge in [0.1, 0.15) is 5.82 Å². The molecule has 0 atom stereocenters. The number of carbonyl (C=O) groups is 2. The minimum atomic E-state index is -3.84. The largest absolute Gasteiger partial charge is 0.357 e. The molecule has 3 rings (SSSR count). The maximum absolute atomic E-state index is 12.7. The lowest BCUT2D eigenvalue weighted by molar-refractivity contribution is -0.121. The Bertz CT molecular complexity index is 1020. The smallest absolute Gasteiger partial charge is 0.243 e. The third-order valence-corrected chi connectivity index (χ3v) is 6.80. The highest BCUT2D eigenvalue weighted by atomic mass is 32.2. The molecule has 1 aliphatic rings. The van der Waals surface area contributed by atoms with Crippen LogP contribution in [0.2, 0.25) is 0 Å². The van der Waals surface area contributed by atoms with Gasteiger partial charge in [0, 0.05) is 45.5 Å². The lowest BCUT2D eigenvalue weighted by Crippen LogP contribution is -2.38. The number of sulfonamides is 1. The molecule has 0 saturated carbocycles. The number of rotatable bonds is 8. The number of anilines is 2. The van der Waals surface area contributed by atoms with E-state index in [1.165, 1.54) is 51.1 Å². The van der Waals surface area contributed by atoms with Crippen LogP contribution in [0.3, 0.4) is 0 Å². The molecule has 1 saturated heterocycles. The SMILES string of the molecule is CC(=O)Nc1ccc(S(=O)(=O)N(C)CC(=O)NCc2ccc(N3CCCC3)nc2)cc1. The number of amides is 2. The van der Waals surface area contributed by atoms with Gasteiger partial charge < -0.3 is 15.5 Å². The zero-order valence-electron chi connectivity index (χ0n) is 17.7. The lowest BCUT2D eigenvalue weighted by atomic mass is 10.2. The van der Waals surface area contributed by atoms with Gasteiger partial charge >= 0.3 is 0 Å². The Hall–Kier alpha value is -2.98. The van der Waals surface area contributed by atoms with Crippen LogP contribution in [0.4, 0.5) is 11.5 Å². The van der Waals surface area contributed by atoms with E-state index < -0.39 is 15.9 Å². The van der Waals surface area contributed by atoms with Crippen molar-refractivity contribution < 1.29 is 18.0 Å². The van der Waals surface area contributed by atoms with Crippen molar-refractivity contribution in [1.29, 1.82) is 0 Å². The highest BCUT2D eigenvalue weighted by molar-refractivity contribution is 7.89. The van der Waals surface area contributed by atoms with Crippen molar-refractivity contribution in [2.24, 2.45) is 0 Å². The first kappa shape index (κ1) is 22.7. The zero-order valence-corrected chi connectivity index (χ0v) is 18.5. The Morgan fingerprint density at radius 3 is 2.35 bits per heavy atom. The van der Waals surface area contributed by atoms with Gasteiger partial charge in [-0.1, -0.05) is 6.07 Å². The van der Waals surface area contributed by atoms with E-state index in [-0.39, 0.29) is 23.9 Å². The number of hydrogen-bond acceptors (Lipinski definition) is 6. The summed E-state index contributed by atoms with van der Waals surface area (Å²) in [5.41, 5.74) is 1.34. The Morgan fingerprint density at radius 1 is 1.10 bits per heavy atom. The highest BCUT2D eigenvalue weighted by Gasteiger charge is 2.23. The number of hydrogen-bond donors (Lipinski definition) is 2. The molecule has 10 heteroatoms. The summed E-state index contributed by atoms with van der Waals surface area (Å²) in [6.07, 6.45) is 4.08. The Kier molecular flexibility index (Phi) is 7.24. The average Bonchev–Trinajstić information content (AvgIpc) is 3.27. The first-order chi connectivity index (χ1) is 14.8. The summed E-state index contributed by atoms with van der Waals surface area (Å²) in [7, 11) is -2.49. The van der Waals surface area contributed by atoms with Gasteiger partial charge in [0.15, 0.2) is 0 Å². The van der Waals surface area contributed by atoms with Crippen LogP contribution in [0.25, 0.3) is 0 Å². The molecule has 31 heavy (non-hydrogen) atoms. The Labute approximate surface area is 182 Å². The fourth-order valence-corrected chi connectivity index (χ4v) is 4.42. The quantitative estimate of drug-likeness (QED) is 0.638. The number of nitrogens with one attached hydrogen (secondary N) is 2. The Morgan fingerprint density at radius 2 is 1.77 bits per heavy atom. The topological polar surface area (TPSA) is 112 Å². The summed E-state index contributed by atoms with van der Waals surface area (Å²) >= 11 is 0. The molecule has 0 radical (unpaired) electrons. The van der Waals surface area contributed by atoms with Gasteiger partial charge in [-0.2, -0.15) is 4.31 Å². The maximum Gasteiger partial charge on any atom is 0.243 e. The summed E-state index contributed by atoms with van der Waals surface area (Å²) in [6, 6.07) is 9.64. The molecule has 2 N–H and O–H groups in total. The number of carbonyl (C=O) groups excluding carboxylic acids is 2. The van der Waals surface area contributed by atoms with Gasteiger partial charge in [-0.15, -0.1) is 0 Å². The molecule has 1 aromatic carbocycles. The van der Waals surface area contributed by atoms with Crippen LogP contribution in [0.1, 0.15) is 25.3 Å². The predicted molar refractivity (Wildman–Crippen MR) is 118 cm³/mol. The van der Waals surface area contributed by atoms with Crippen molar-refractivity contribution in [3.05, 3.63) is 48.2 Å². The van der Waals surface area contributed by atoms with Crippen LogP contribution in [-0.4, -0.2) is 56.2 Å². The summed E-state index contributed by atoms with van der Waals surface area (Å²) in [6.45, 7) is 3.36. The van der Waals surface area contributed by atoms with E-state index in [1.807, 2.05) is 12.1 Å².